The van der Waals surface area contributed by atoms with E-state index in [9.17, 15) is 4.79 Å². The number of rotatable bonds is 3. The second kappa shape index (κ2) is 4.45. The Bertz CT molecular complexity index is 721. The molecule has 1 fully saturated rings. The monoisotopic (exact) mass is 276 g/mol. The molecule has 0 saturated heterocycles. The van der Waals surface area contributed by atoms with E-state index in [1.165, 1.54) is 0 Å². The lowest BCUT2D eigenvalue weighted by molar-refractivity contribution is 0.627. The van der Waals surface area contributed by atoms with Crippen LogP contribution in [0.15, 0.2) is 16.9 Å². The second-order valence-electron chi connectivity index (χ2n) is 5.25. The first-order chi connectivity index (χ1) is 9.08. The third kappa shape index (κ3) is 2.16. The van der Waals surface area contributed by atoms with Gasteiger partial charge in [0.2, 0.25) is 4.77 Å². The van der Waals surface area contributed by atoms with Crippen molar-refractivity contribution in [3.63, 3.8) is 0 Å². The van der Waals surface area contributed by atoms with Crippen LogP contribution in [0.25, 0.3) is 11.4 Å². The molecule has 19 heavy (non-hydrogen) atoms. The summed E-state index contributed by atoms with van der Waals surface area (Å²) in [5, 5.41) is 5.57. The molecule has 0 radical (unpaired) electrons. The first-order valence-electron chi connectivity index (χ1n) is 6.48. The lowest BCUT2D eigenvalue weighted by Gasteiger charge is -2.15. The van der Waals surface area contributed by atoms with Crippen LogP contribution in [0.5, 0.6) is 0 Å². The van der Waals surface area contributed by atoms with Gasteiger partial charge < -0.3 is 4.57 Å². The summed E-state index contributed by atoms with van der Waals surface area (Å²) in [4.78, 5) is 16.8. The summed E-state index contributed by atoms with van der Waals surface area (Å²) in [6.45, 7) is 4.21. The maximum Gasteiger partial charge on any atom is 0.262 e. The summed E-state index contributed by atoms with van der Waals surface area (Å²) < 4.78 is 2.28. The van der Waals surface area contributed by atoms with Crippen molar-refractivity contribution in [3.8, 4) is 11.4 Å². The topological polar surface area (TPSA) is 66.5 Å². The number of hydrogen-bond acceptors (Lipinski definition) is 3. The normalized spacial score (nSPS) is 15.1. The molecule has 5 nitrogen and oxygen atoms in total. The molecule has 2 aromatic rings. The minimum atomic E-state index is 0.0199. The molecule has 100 valence electrons. The predicted octanol–water partition coefficient (Wildman–Crippen LogP) is 2.75. The van der Waals surface area contributed by atoms with Crippen molar-refractivity contribution in [1.82, 2.24) is 19.7 Å². The molecular weight excluding hydrogens is 260 g/mol. The average Bonchev–Trinajstić information content (AvgIpc) is 3.11. The fourth-order valence-corrected chi connectivity index (χ4v) is 2.47. The van der Waals surface area contributed by atoms with Crippen LogP contribution >= 0.6 is 12.2 Å². The molecule has 0 spiro atoms. The SMILES string of the molecule is CC(C)c1ccc(-c2nc(=S)[nH][nH]2)c(=O)n1C1CC1. The van der Waals surface area contributed by atoms with Crippen LogP contribution in [0.4, 0.5) is 0 Å². The number of H-pyrrole nitrogens is 2. The summed E-state index contributed by atoms with van der Waals surface area (Å²) in [5.41, 5.74) is 1.68. The van der Waals surface area contributed by atoms with Crippen LogP contribution in [-0.2, 0) is 0 Å². The quantitative estimate of drug-likeness (QED) is 0.847. The van der Waals surface area contributed by atoms with Gasteiger partial charge in [-0.05, 0) is 43.1 Å². The van der Waals surface area contributed by atoms with Crippen molar-refractivity contribution in [2.24, 2.45) is 0 Å². The zero-order valence-electron chi connectivity index (χ0n) is 10.9. The Balaban J connectivity index is 2.21. The minimum absolute atomic E-state index is 0.0199. The largest absolute Gasteiger partial charge is 0.309 e. The summed E-state index contributed by atoms with van der Waals surface area (Å²) in [6.07, 6.45) is 2.17. The Labute approximate surface area is 115 Å². The first-order valence-corrected chi connectivity index (χ1v) is 6.89. The number of hydrogen-bond donors (Lipinski definition) is 2. The highest BCUT2D eigenvalue weighted by Crippen LogP contribution is 2.36. The molecule has 6 heteroatoms. The molecule has 0 bridgehead atoms. The van der Waals surface area contributed by atoms with Gasteiger partial charge in [-0.3, -0.25) is 15.0 Å². The van der Waals surface area contributed by atoms with Crippen molar-refractivity contribution in [2.45, 2.75) is 38.6 Å². The van der Waals surface area contributed by atoms with Crippen molar-refractivity contribution >= 4 is 12.2 Å². The number of nitrogens with one attached hydrogen (secondary N) is 2. The van der Waals surface area contributed by atoms with E-state index in [2.05, 4.69) is 29.0 Å². The van der Waals surface area contributed by atoms with Crippen LogP contribution in [0.2, 0.25) is 0 Å². The smallest absolute Gasteiger partial charge is 0.262 e. The van der Waals surface area contributed by atoms with Crippen LogP contribution in [0.1, 0.15) is 44.3 Å². The Morgan fingerprint density at radius 1 is 1.37 bits per heavy atom. The maximum atomic E-state index is 12.6. The Morgan fingerprint density at radius 3 is 2.63 bits per heavy atom. The Morgan fingerprint density at radius 2 is 2.11 bits per heavy atom. The number of pyridine rings is 1. The fraction of sp³-hybridized carbons (Fsp3) is 0.462. The molecule has 2 aromatic heterocycles. The summed E-state index contributed by atoms with van der Waals surface area (Å²) in [5.74, 6) is 0.847. The van der Waals surface area contributed by atoms with Gasteiger partial charge >= 0.3 is 0 Å². The lowest BCUT2D eigenvalue weighted by atomic mass is 10.1. The number of aromatic nitrogens is 4. The van der Waals surface area contributed by atoms with Crippen molar-refractivity contribution in [2.75, 3.05) is 0 Å². The lowest BCUT2D eigenvalue weighted by Crippen LogP contribution is -2.25. The molecule has 1 saturated carbocycles. The van der Waals surface area contributed by atoms with Gasteiger partial charge in [0.25, 0.3) is 5.56 Å². The van der Waals surface area contributed by atoms with E-state index in [4.69, 9.17) is 12.2 Å². The predicted molar refractivity (Wildman–Crippen MR) is 75.8 cm³/mol. The standard InChI is InChI=1S/C13H16N4OS/c1-7(2)10-6-5-9(11-14-13(19)16-15-11)12(18)17(10)8-3-4-8/h5-8H,3-4H2,1-2H3,(H2,14,15,16,19). The van der Waals surface area contributed by atoms with Gasteiger partial charge in [0.15, 0.2) is 5.82 Å². The number of aromatic amines is 2. The molecule has 1 aliphatic carbocycles. The van der Waals surface area contributed by atoms with E-state index >= 15 is 0 Å². The van der Waals surface area contributed by atoms with Crippen LogP contribution in [0, 0.1) is 4.77 Å². The number of nitrogens with zero attached hydrogens (tertiary/aromatic N) is 2. The molecule has 2 N–H and O–H groups in total. The fourth-order valence-electron chi connectivity index (χ4n) is 2.33. The average molecular weight is 276 g/mol. The van der Waals surface area contributed by atoms with E-state index in [0.29, 0.717) is 28.1 Å². The van der Waals surface area contributed by atoms with Crippen LogP contribution < -0.4 is 5.56 Å². The summed E-state index contributed by atoms with van der Waals surface area (Å²) >= 11 is 4.93. The Kier molecular flexibility index (Phi) is 2.89. The van der Waals surface area contributed by atoms with Crippen LogP contribution in [-0.4, -0.2) is 19.7 Å². The van der Waals surface area contributed by atoms with Gasteiger partial charge in [-0.15, -0.1) is 0 Å². The van der Waals surface area contributed by atoms with Gasteiger partial charge in [0.1, 0.15) is 0 Å². The van der Waals surface area contributed by atoms with Gasteiger partial charge in [0.05, 0.1) is 5.56 Å². The van der Waals surface area contributed by atoms with Gasteiger partial charge in [-0.1, -0.05) is 13.8 Å². The van der Waals surface area contributed by atoms with E-state index in [1.807, 2.05) is 16.7 Å². The van der Waals surface area contributed by atoms with E-state index in [0.717, 1.165) is 18.5 Å². The van der Waals surface area contributed by atoms with E-state index in [-0.39, 0.29) is 5.56 Å². The third-order valence-corrected chi connectivity index (χ3v) is 3.60. The zero-order chi connectivity index (χ0) is 13.6. The van der Waals surface area contributed by atoms with E-state index < -0.39 is 0 Å². The molecule has 0 aromatic carbocycles. The highest BCUT2D eigenvalue weighted by Gasteiger charge is 2.28. The highest BCUT2D eigenvalue weighted by molar-refractivity contribution is 7.71. The van der Waals surface area contributed by atoms with Crippen molar-refractivity contribution < 1.29 is 0 Å². The second-order valence-corrected chi connectivity index (χ2v) is 5.64. The maximum absolute atomic E-state index is 12.6. The molecule has 3 rings (SSSR count). The molecule has 0 unspecified atom stereocenters. The summed E-state index contributed by atoms with van der Waals surface area (Å²) in [7, 11) is 0. The van der Waals surface area contributed by atoms with Gasteiger partial charge in [-0.25, -0.2) is 0 Å². The van der Waals surface area contributed by atoms with Gasteiger partial charge in [-0.2, -0.15) is 4.98 Å². The molecule has 0 atom stereocenters. The summed E-state index contributed by atoms with van der Waals surface area (Å²) in [6, 6.07) is 4.20. The van der Waals surface area contributed by atoms with Crippen molar-refractivity contribution in [3.05, 3.63) is 33.0 Å². The zero-order valence-corrected chi connectivity index (χ0v) is 11.8. The Hall–Kier alpha value is -1.69. The molecule has 0 aliphatic heterocycles. The molecule has 1 aliphatic rings. The van der Waals surface area contributed by atoms with Crippen molar-refractivity contribution in [1.29, 1.82) is 0 Å². The molecule has 0 amide bonds. The van der Waals surface area contributed by atoms with Gasteiger partial charge in [0, 0.05) is 11.7 Å². The van der Waals surface area contributed by atoms with E-state index in [1.54, 1.807) is 0 Å². The van der Waals surface area contributed by atoms with Crippen LogP contribution in [0.3, 0.4) is 0 Å². The highest BCUT2D eigenvalue weighted by atomic mass is 32.1. The molecular formula is C13H16N4OS. The minimum Gasteiger partial charge on any atom is -0.309 e. The molecule has 2 heterocycles. The third-order valence-electron chi connectivity index (χ3n) is 3.41. The first kappa shape index (κ1) is 12.3.